The zero-order valence-corrected chi connectivity index (χ0v) is 29.5. The number of phenols is 1. The monoisotopic (exact) mass is 702 g/mol. The number of ether oxygens (including phenoxy) is 1. The van der Waals surface area contributed by atoms with Crippen molar-refractivity contribution >= 4 is 34.2 Å². The van der Waals surface area contributed by atoms with Crippen molar-refractivity contribution in [3.8, 4) is 22.6 Å². The summed E-state index contributed by atoms with van der Waals surface area (Å²) in [7, 11) is 3.37. The Morgan fingerprint density at radius 2 is 1.77 bits per heavy atom. The number of nitrogens with one attached hydrogen (secondary N) is 1. The lowest BCUT2D eigenvalue weighted by Gasteiger charge is -2.55. The summed E-state index contributed by atoms with van der Waals surface area (Å²) >= 11 is 0. The minimum atomic E-state index is -0.614. The SMILES string of the molecule is COc1cc(-c2cn(C)c(=O)c3cnc(C4CC4)cc23)cc(O)c1CN1CCC2(CC1)CN(c1ccc3c(c1)C(=O)N(C1CCC(=O)NC1=O)C3)C2. The van der Waals surface area contributed by atoms with Crippen LogP contribution in [0.2, 0.25) is 0 Å². The maximum Gasteiger partial charge on any atom is 0.259 e. The molecule has 12 heteroatoms. The number of likely N-dealkylation sites (tertiary alicyclic amines) is 1. The molecular formula is C40H42N6O6. The van der Waals surface area contributed by atoms with Gasteiger partial charge in [0, 0.05) is 91.4 Å². The number of fused-ring (bicyclic) bond motifs is 2. The first kappa shape index (κ1) is 32.7. The largest absolute Gasteiger partial charge is 0.507 e. The number of amides is 3. The molecule has 12 nitrogen and oxygen atoms in total. The Bertz CT molecular complexity index is 2230. The van der Waals surface area contributed by atoms with E-state index < -0.39 is 11.9 Å². The van der Waals surface area contributed by atoms with Gasteiger partial charge in [0.2, 0.25) is 11.8 Å². The zero-order chi connectivity index (χ0) is 35.9. The summed E-state index contributed by atoms with van der Waals surface area (Å²) in [5, 5.41) is 15.2. The lowest BCUT2D eigenvalue weighted by atomic mass is 9.71. The van der Waals surface area contributed by atoms with Crippen LogP contribution >= 0.6 is 0 Å². The molecule has 4 aromatic rings. The van der Waals surface area contributed by atoms with E-state index in [9.17, 15) is 24.3 Å². The first-order valence-electron chi connectivity index (χ1n) is 18.2. The van der Waals surface area contributed by atoms with Crippen LogP contribution in [-0.2, 0) is 29.7 Å². The van der Waals surface area contributed by atoms with Crippen molar-refractivity contribution in [2.24, 2.45) is 12.5 Å². The third-order valence-corrected chi connectivity index (χ3v) is 12.0. The van der Waals surface area contributed by atoms with Crippen LogP contribution in [0.25, 0.3) is 21.9 Å². The number of aryl methyl sites for hydroxylation is 1. The molecule has 1 saturated carbocycles. The average molecular weight is 703 g/mol. The Balaban J connectivity index is 0.863. The van der Waals surface area contributed by atoms with Crippen LogP contribution in [-0.4, -0.2) is 81.5 Å². The molecule has 2 N–H and O–H groups in total. The van der Waals surface area contributed by atoms with E-state index in [1.807, 2.05) is 30.5 Å². The van der Waals surface area contributed by atoms with Crippen molar-refractivity contribution in [2.45, 2.75) is 63.6 Å². The molecule has 5 aliphatic rings. The molecule has 6 heterocycles. The molecule has 268 valence electrons. The van der Waals surface area contributed by atoms with Crippen LogP contribution in [0.1, 0.15) is 71.6 Å². The normalized spacial score (nSPS) is 21.4. The third kappa shape index (κ3) is 5.51. The zero-order valence-electron chi connectivity index (χ0n) is 29.5. The van der Waals surface area contributed by atoms with Crippen LogP contribution < -0.4 is 20.5 Å². The molecule has 3 saturated heterocycles. The number of piperidine rings is 2. The van der Waals surface area contributed by atoms with Gasteiger partial charge in [0.05, 0.1) is 12.5 Å². The fourth-order valence-corrected chi connectivity index (χ4v) is 8.75. The summed E-state index contributed by atoms with van der Waals surface area (Å²) in [4.78, 5) is 61.3. The fraction of sp³-hybridized carbons (Fsp3) is 0.425. The number of nitrogens with zero attached hydrogens (tertiary/aromatic N) is 5. The van der Waals surface area contributed by atoms with Gasteiger partial charge in [-0.25, -0.2) is 0 Å². The molecule has 2 aromatic carbocycles. The Hall–Kier alpha value is -5.23. The van der Waals surface area contributed by atoms with E-state index in [1.54, 1.807) is 35.9 Å². The highest BCUT2D eigenvalue weighted by molar-refractivity contribution is 6.05. The van der Waals surface area contributed by atoms with Crippen molar-refractivity contribution in [3.05, 3.63) is 81.5 Å². The molecule has 3 amide bonds. The summed E-state index contributed by atoms with van der Waals surface area (Å²) in [5.74, 6) is 0.406. The predicted octanol–water partition coefficient (Wildman–Crippen LogP) is 4.06. The van der Waals surface area contributed by atoms with Crippen molar-refractivity contribution < 1.29 is 24.2 Å². The van der Waals surface area contributed by atoms with Gasteiger partial charge in [0.15, 0.2) is 0 Å². The number of benzene rings is 2. The molecule has 4 fully saturated rings. The average Bonchev–Trinajstić information content (AvgIpc) is 3.93. The highest BCUT2D eigenvalue weighted by atomic mass is 16.5. The van der Waals surface area contributed by atoms with Gasteiger partial charge in [0.25, 0.3) is 11.5 Å². The maximum atomic E-state index is 13.4. The molecule has 0 bridgehead atoms. The Kier molecular flexibility index (Phi) is 7.65. The second-order valence-corrected chi connectivity index (χ2v) is 15.4. The van der Waals surface area contributed by atoms with E-state index in [4.69, 9.17) is 4.74 Å². The quantitative estimate of drug-likeness (QED) is 0.273. The number of phenolic OH excluding ortho intramolecular Hbond substituents is 1. The van der Waals surface area contributed by atoms with Crippen LogP contribution in [0, 0.1) is 5.41 Å². The number of aromatic nitrogens is 2. The molecule has 0 radical (unpaired) electrons. The van der Waals surface area contributed by atoms with Crippen LogP contribution in [0.15, 0.2) is 53.6 Å². The summed E-state index contributed by atoms with van der Waals surface area (Å²) < 4.78 is 7.43. The highest BCUT2D eigenvalue weighted by Crippen LogP contribution is 2.45. The number of hydrogen-bond acceptors (Lipinski definition) is 9. The first-order chi connectivity index (χ1) is 25.1. The van der Waals surface area contributed by atoms with Gasteiger partial charge in [0.1, 0.15) is 17.5 Å². The molecule has 9 rings (SSSR count). The van der Waals surface area contributed by atoms with Crippen molar-refractivity contribution in [1.29, 1.82) is 0 Å². The number of rotatable bonds is 7. The van der Waals surface area contributed by atoms with E-state index >= 15 is 0 Å². The number of hydrogen-bond donors (Lipinski definition) is 2. The Morgan fingerprint density at radius 1 is 0.981 bits per heavy atom. The number of anilines is 1. The van der Waals surface area contributed by atoms with Crippen molar-refractivity contribution in [3.63, 3.8) is 0 Å². The lowest BCUT2D eigenvalue weighted by molar-refractivity contribution is -0.136. The Labute approximate surface area is 301 Å². The van der Waals surface area contributed by atoms with E-state index in [0.717, 1.165) is 90.9 Å². The number of aromatic hydroxyl groups is 1. The summed E-state index contributed by atoms with van der Waals surface area (Å²) in [6, 6.07) is 11.2. The standard InChI is InChI=1S/C40H42N6O6/c1-43-19-30(28-16-32(23-3-4-23)41-17-29(28)38(43)50)25-13-34(47)31(35(14-25)52-2)20-44-11-9-40(10-12-44)21-45(22-40)26-6-5-24-18-46(39(51)27(24)15-26)33-7-8-36(48)42-37(33)49/h5-6,13-17,19,23,33,47H,3-4,7-12,18,20-22H2,1-2H3,(H,42,48,49). The molecule has 1 spiro atoms. The molecule has 2 aromatic heterocycles. The number of carbonyl (C=O) groups excluding carboxylic acids is 3. The summed E-state index contributed by atoms with van der Waals surface area (Å²) in [6.45, 7) is 4.56. The predicted molar refractivity (Wildman–Crippen MR) is 194 cm³/mol. The van der Waals surface area contributed by atoms with Crippen LogP contribution in [0.4, 0.5) is 5.69 Å². The number of imide groups is 1. The van der Waals surface area contributed by atoms with Crippen LogP contribution in [0.3, 0.4) is 0 Å². The first-order valence-corrected chi connectivity index (χ1v) is 18.2. The van der Waals surface area contributed by atoms with Gasteiger partial charge >= 0.3 is 0 Å². The fourth-order valence-electron chi connectivity index (χ4n) is 8.75. The van der Waals surface area contributed by atoms with E-state index in [1.165, 1.54) is 0 Å². The van der Waals surface area contributed by atoms with E-state index in [0.29, 0.717) is 42.1 Å². The second kappa shape index (κ2) is 12.2. The topological polar surface area (TPSA) is 137 Å². The number of methoxy groups -OCH3 is 1. The second-order valence-electron chi connectivity index (χ2n) is 15.4. The van der Waals surface area contributed by atoms with Gasteiger partial charge in [-0.1, -0.05) is 6.07 Å². The molecule has 1 atom stereocenters. The minimum Gasteiger partial charge on any atom is -0.507 e. The van der Waals surface area contributed by atoms with Gasteiger partial charge in [-0.15, -0.1) is 0 Å². The molecule has 1 unspecified atom stereocenters. The molecular weight excluding hydrogens is 660 g/mol. The van der Waals surface area contributed by atoms with Crippen molar-refractivity contribution in [1.82, 2.24) is 24.7 Å². The van der Waals surface area contributed by atoms with E-state index in [-0.39, 0.29) is 35.0 Å². The number of carbonyl (C=O) groups is 3. The summed E-state index contributed by atoms with van der Waals surface area (Å²) in [6.07, 6.45) is 8.40. The van der Waals surface area contributed by atoms with E-state index in [2.05, 4.69) is 26.2 Å². The van der Waals surface area contributed by atoms with Gasteiger partial charge in [-0.05, 0) is 92.0 Å². The van der Waals surface area contributed by atoms with Gasteiger partial charge < -0.3 is 24.2 Å². The summed E-state index contributed by atoms with van der Waals surface area (Å²) in [5.41, 5.74) is 6.08. The highest BCUT2D eigenvalue weighted by Gasteiger charge is 2.46. The minimum absolute atomic E-state index is 0.0976. The molecule has 1 aliphatic carbocycles. The molecule has 4 aliphatic heterocycles. The Morgan fingerprint density at radius 3 is 2.50 bits per heavy atom. The lowest BCUT2D eigenvalue weighted by Crippen LogP contribution is -2.60. The maximum absolute atomic E-state index is 13.4. The smallest absolute Gasteiger partial charge is 0.259 e. The number of pyridine rings is 2. The van der Waals surface area contributed by atoms with Crippen molar-refractivity contribution in [2.75, 3.05) is 38.2 Å². The van der Waals surface area contributed by atoms with Crippen LogP contribution in [0.5, 0.6) is 11.5 Å². The van der Waals surface area contributed by atoms with Gasteiger partial charge in [-0.2, -0.15) is 0 Å². The third-order valence-electron chi connectivity index (χ3n) is 12.0. The van der Waals surface area contributed by atoms with Gasteiger partial charge in [-0.3, -0.25) is 34.4 Å². The molecule has 52 heavy (non-hydrogen) atoms.